The van der Waals surface area contributed by atoms with Crippen LogP contribution in [0.3, 0.4) is 0 Å². The molecule has 0 radical (unpaired) electrons. The number of oxazole rings is 1. The molecule has 0 bridgehead atoms. The molecule has 0 spiro atoms. The number of hydrogen-bond acceptors (Lipinski definition) is 11. The van der Waals surface area contributed by atoms with Gasteiger partial charge in [-0.15, -0.1) is 0 Å². The van der Waals surface area contributed by atoms with E-state index in [9.17, 15) is 14.7 Å². The predicted molar refractivity (Wildman–Crippen MR) is 239 cm³/mol. The van der Waals surface area contributed by atoms with E-state index in [0.29, 0.717) is 46.6 Å². The van der Waals surface area contributed by atoms with Gasteiger partial charge in [-0.2, -0.15) is 5.01 Å². The van der Waals surface area contributed by atoms with E-state index in [0.717, 1.165) is 11.0 Å². The zero-order valence-electron chi connectivity index (χ0n) is 38.3. The number of carboxylic acid groups (broad SMARTS) is 1. The van der Waals surface area contributed by atoms with Crippen molar-refractivity contribution in [3.8, 4) is 11.3 Å². The number of ether oxygens (including phenoxy) is 2. The van der Waals surface area contributed by atoms with E-state index in [-0.39, 0.29) is 30.7 Å². The average molecular weight is 922 g/mol. The Kier molecular flexibility index (Phi) is 13.2. The number of halogens is 1. The number of aliphatic carboxylic acids is 1. The molecule has 3 aromatic heterocycles. The van der Waals surface area contributed by atoms with Crippen LogP contribution in [0.1, 0.15) is 119 Å². The molecule has 2 N–H and O–H groups in total. The standard InChI is InChI=1S/C45H62BBrN6O9/c1-14-51-33-19-18-28(46-61-43(9,10)44(11,12)62-46)23-31(33)34(36(51)30-17-15-21-48-35(30)27(2)58-13)45(38(55)56)20-16-22-52(53(45)26-41(3,4)5)37(54)32(24-29-25-59-39(47)49-29)50-40(57)60-42(6,7)8/h15,17-19,21,23,25,27,32H,14,16,20,22,24,26H2,1-13H3,(H,50,57)(H,55,56)/t27-,32?,45?/m0/s1. The van der Waals surface area contributed by atoms with Gasteiger partial charge in [-0.1, -0.05) is 32.9 Å². The number of amides is 2. The summed E-state index contributed by atoms with van der Waals surface area (Å²) in [5, 5.41) is 18.8. The highest BCUT2D eigenvalue weighted by atomic mass is 79.9. The van der Waals surface area contributed by atoms with Gasteiger partial charge in [-0.3, -0.25) is 14.8 Å². The Bertz CT molecular complexity index is 2300. The summed E-state index contributed by atoms with van der Waals surface area (Å²) in [4.78, 5) is 53.0. The van der Waals surface area contributed by atoms with Gasteiger partial charge < -0.3 is 38.2 Å². The van der Waals surface area contributed by atoms with Gasteiger partial charge in [0.15, 0.2) is 5.54 Å². The van der Waals surface area contributed by atoms with E-state index in [1.807, 2.05) is 92.6 Å². The first-order chi connectivity index (χ1) is 28.8. The van der Waals surface area contributed by atoms with Crippen LogP contribution in [0.4, 0.5) is 4.79 Å². The van der Waals surface area contributed by atoms with Crippen LogP contribution in [0.15, 0.2) is 52.0 Å². The summed E-state index contributed by atoms with van der Waals surface area (Å²) in [6.45, 7) is 23.9. The van der Waals surface area contributed by atoms with Crippen molar-refractivity contribution in [3.63, 3.8) is 0 Å². The number of aryl methyl sites for hydroxylation is 1. The summed E-state index contributed by atoms with van der Waals surface area (Å²) >= 11 is 3.25. The van der Waals surface area contributed by atoms with Crippen LogP contribution in [0.25, 0.3) is 22.2 Å². The Morgan fingerprint density at radius 3 is 2.31 bits per heavy atom. The van der Waals surface area contributed by atoms with E-state index >= 15 is 4.79 Å². The molecule has 2 fully saturated rings. The number of carbonyl (C=O) groups is 3. The van der Waals surface area contributed by atoms with Gasteiger partial charge in [0.05, 0.1) is 34.4 Å². The fraction of sp³-hybridized carbons (Fsp3) is 0.578. The molecule has 0 aliphatic carbocycles. The fourth-order valence-electron chi connectivity index (χ4n) is 8.41. The van der Waals surface area contributed by atoms with Crippen molar-refractivity contribution < 1.29 is 42.7 Å². The molecule has 2 unspecified atom stereocenters. The van der Waals surface area contributed by atoms with Crippen molar-refractivity contribution in [3.05, 3.63) is 64.5 Å². The first-order valence-electron chi connectivity index (χ1n) is 21.3. The van der Waals surface area contributed by atoms with Crippen LogP contribution >= 0.6 is 15.9 Å². The molecule has 3 atom stereocenters. The van der Waals surface area contributed by atoms with E-state index in [1.54, 1.807) is 39.1 Å². The number of hydrogen-bond donors (Lipinski definition) is 2. The van der Waals surface area contributed by atoms with Crippen LogP contribution in [0.2, 0.25) is 0 Å². The number of nitrogens with zero attached hydrogens (tertiary/aromatic N) is 5. The number of benzene rings is 1. The molecule has 336 valence electrons. The van der Waals surface area contributed by atoms with Gasteiger partial charge in [0, 0.05) is 77.3 Å². The number of aromatic nitrogens is 3. The Hall–Kier alpha value is -4.29. The molecule has 17 heteroatoms. The highest BCUT2D eigenvalue weighted by molar-refractivity contribution is 9.10. The van der Waals surface area contributed by atoms with E-state index < -0.39 is 65.0 Å². The highest BCUT2D eigenvalue weighted by Crippen LogP contribution is 2.50. The molecule has 2 amide bonds. The number of hydrazine groups is 1. The lowest BCUT2D eigenvalue weighted by atomic mass is 9.75. The largest absolute Gasteiger partial charge is 0.494 e. The van der Waals surface area contributed by atoms with Crippen LogP contribution in [0, 0.1) is 5.41 Å². The van der Waals surface area contributed by atoms with Crippen molar-refractivity contribution in [2.45, 2.75) is 143 Å². The molecule has 0 saturated carbocycles. The third kappa shape index (κ3) is 9.19. The Labute approximate surface area is 373 Å². The van der Waals surface area contributed by atoms with Crippen LogP contribution < -0.4 is 10.8 Å². The molecule has 2 saturated heterocycles. The number of carboxylic acids is 1. The van der Waals surface area contributed by atoms with Crippen molar-refractivity contribution in [2.75, 3.05) is 20.2 Å². The molecule has 6 rings (SSSR count). The van der Waals surface area contributed by atoms with Gasteiger partial charge in [0.2, 0.25) is 0 Å². The monoisotopic (exact) mass is 920 g/mol. The number of alkyl carbamates (subject to hydrolysis) is 1. The number of methoxy groups -OCH3 is 1. The lowest BCUT2D eigenvalue weighted by molar-refractivity contribution is -0.198. The Morgan fingerprint density at radius 1 is 1.06 bits per heavy atom. The minimum atomic E-state index is -1.85. The quantitative estimate of drug-likeness (QED) is 0.133. The summed E-state index contributed by atoms with van der Waals surface area (Å²) in [6, 6.07) is 8.52. The maximum Gasteiger partial charge on any atom is 0.494 e. The summed E-state index contributed by atoms with van der Waals surface area (Å²) in [7, 11) is 0.879. The topological polar surface area (TPSA) is 171 Å². The van der Waals surface area contributed by atoms with Crippen LogP contribution in [-0.2, 0) is 46.9 Å². The van der Waals surface area contributed by atoms with Gasteiger partial charge in [-0.05, 0) is 104 Å². The van der Waals surface area contributed by atoms with Crippen LogP contribution in [-0.4, -0.2) is 97.8 Å². The molecule has 2 aliphatic rings. The second kappa shape index (κ2) is 17.4. The SMILES string of the molecule is CCn1c(-c2cccnc2[C@H](C)OC)c(C2(C(=O)O)CCCN(C(=O)C(Cc3coc(Br)n3)NC(=O)OC(C)(C)C)N2CC(C)(C)C)c2cc(B3OC(C)(C)C(C)(C)O3)ccc21. The first kappa shape index (κ1) is 47.2. The fourth-order valence-corrected chi connectivity index (χ4v) is 8.73. The zero-order chi connectivity index (χ0) is 45.7. The lowest BCUT2D eigenvalue weighted by Gasteiger charge is -2.53. The smallest absolute Gasteiger partial charge is 0.480 e. The molecular weight excluding hydrogens is 859 g/mol. The third-order valence-electron chi connectivity index (χ3n) is 12.0. The number of fused-ring (bicyclic) bond motifs is 1. The Balaban J connectivity index is 1.65. The highest BCUT2D eigenvalue weighted by Gasteiger charge is 2.57. The summed E-state index contributed by atoms with van der Waals surface area (Å²) < 4.78 is 32.1. The minimum absolute atomic E-state index is 0.0567. The van der Waals surface area contributed by atoms with Gasteiger partial charge in [0.1, 0.15) is 17.9 Å². The Morgan fingerprint density at radius 2 is 1.74 bits per heavy atom. The van der Waals surface area contributed by atoms with Gasteiger partial charge in [0.25, 0.3) is 10.7 Å². The molecule has 15 nitrogen and oxygen atoms in total. The molecular formula is C45H62BBrN6O9. The van der Waals surface area contributed by atoms with Crippen molar-refractivity contribution in [1.29, 1.82) is 0 Å². The number of rotatable bonds is 12. The average Bonchev–Trinajstić information content (AvgIpc) is 3.81. The van der Waals surface area contributed by atoms with E-state index in [1.165, 1.54) is 11.3 Å². The van der Waals surface area contributed by atoms with Gasteiger partial charge >= 0.3 is 19.2 Å². The second-order valence-electron chi connectivity index (χ2n) is 19.5. The maximum atomic E-state index is 15.3. The maximum absolute atomic E-state index is 15.3. The van der Waals surface area contributed by atoms with Crippen molar-refractivity contribution >= 4 is 57.4 Å². The van der Waals surface area contributed by atoms with Crippen molar-refractivity contribution in [1.82, 2.24) is 29.9 Å². The summed E-state index contributed by atoms with van der Waals surface area (Å²) in [6.07, 6.45) is 2.26. The zero-order valence-corrected chi connectivity index (χ0v) is 39.9. The summed E-state index contributed by atoms with van der Waals surface area (Å²) in [5.41, 5.74) is -0.107. The van der Waals surface area contributed by atoms with Gasteiger partial charge in [-0.25, -0.2) is 14.6 Å². The number of carbonyl (C=O) groups excluding carboxylic acids is 2. The molecule has 4 aromatic rings. The van der Waals surface area contributed by atoms with E-state index in [4.69, 9.17) is 28.2 Å². The van der Waals surface area contributed by atoms with Crippen molar-refractivity contribution in [2.24, 2.45) is 5.41 Å². The normalized spacial score (nSPS) is 20.4. The molecule has 2 aliphatic heterocycles. The van der Waals surface area contributed by atoms with Crippen LogP contribution in [0.5, 0.6) is 0 Å². The number of nitrogens with one attached hydrogen (secondary N) is 1. The molecule has 1 aromatic carbocycles. The molecule has 62 heavy (non-hydrogen) atoms. The molecule has 5 heterocycles. The summed E-state index contributed by atoms with van der Waals surface area (Å²) in [5.74, 6) is -1.67. The predicted octanol–water partition coefficient (Wildman–Crippen LogP) is 7.78. The number of pyridine rings is 1. The minimum Gasteiger partial charge on any atom is -0.480 e. The lowest BCUT2D eigenvalue weighted by Crippen LogP contribution is -2.68. The van der Waals surface area contributed by atoms with E-state index in [2.05, 4.69) is 30.8 Å². The second-order valence-corrected chi connectivity index (χ2v) is 20.2. The first-order valence-corrected chi connectivity index (χ1v) is 22.1. The third-order valence-corrected chi connectivity index (χ3v) is 12.3.